The van der Waals surface area contributed by atoms with Gasteiger partial charge in [0, 0.05) is 28.7 Å². The van der Waals surface area contributed by atoms with Crippen molar-refractivity contribution < 1.29 is 9.47 Å². The Balaban J connectivity index is 1.90. The van der Waals surface area contributed by atoms with E-state index in [-0.39, 0.29) is 6.10 Å². The van der Waals surface area contributed by atoms with Crippen molar-refractivity contribution in [2.75, 3.05) is 7.11 Å². The molecule has 24 heavy (non-hydrogen) atoms. The molecule has 1 aromatic carbocycles. The molecule has 4 heteroatoms. The van der Waals surface area contributed by atoms with Crippen LogP contribution in [0.5, 0.6) is 11.5 Å². The van der Waals surface area contributed by atoms with E-state index in [0.717, 1.165) is 24.5 Å². The zero-order valence-electron chi connectivity index (χ0n) is 14.2. The number of aromatic nitrogens is 1. The highest BCUT2D eigenvalue weighted by Gasteiger charge is 2.23. The van der Waals surface area contributed by atoms with Crippen molar-refractivity contribution in [2.24, 2.45) is 0 Å². The minimum atomic E-state index is 0.115. The zero-order chi connectivity index (χ0) is 16.7. The summed E-state index contributed by atoms with van der Waals surface area (Å²) in [7, 11) is 1.71. The quantitative estimate of drug-likeness (QED) is 0.649. The number of hydrogen-bond donors (Lipinski definition) is 0. The van der Waals surface area contributed by atoms with Gasteiger partial charge in [0.1, 0.15) is 0 Å². The minimum absolute atomic E-state index is 0.115. The Hall–Kier alpha value is -2.20. The zero-order valence-corrected chi connectivity index (χ0v) is 15.0. The van der Waals surface area contributed by atoms with Gasteiger partial charge < -0.3 is 14.0 Å². The molecule has 0 atom stereocenters. The Morgan fingerprint density at radius 2 is 2.00 bits per heavy atom. The molecular weight excluding hydrogens is 318 g/mol. The number of rotatable bonds is 4. The summed E-state index contributed by atoms with van der Waals surface area (Å²) < 4.78 is 13.9. The summed E-state index contributed by atoms with van der Waals surface area (Å²) in [6.45, 7) is 5.08. The van der Waals surface area contributed by atoms with Crippen LogP contribution in [0, 0.1) is 0 Å². The topological polar surface area (TPSA) is 23.4 Å². The van der Waals surface area contributed by atoms with E-state index in [2.05, 4.69) is 46.5 Å². The number of thiophene rings is 1. The van der Waals surface area contributed by atoms with E-state index >= 15 is 0 Å². The van der Waals surface area contributed by atoms with Gasteiger partial charge in [0.15, 0.2) is 11.5 Å². The lowest BCUT2D eigenvalue weighted by Gasteiger charge is -2.23. The maximum atomic E-state index is 5.99. The molecule has 1 aliphatic rings. The third kappa shape index (κ3) is 2.51. The van der Waals surface area contributed by atoms with Crippen molar-refractivity contribution >= 4 is 11.3 Å². The number of benzene rings is 1. The van der Waals surface area contributed by atoms with Gasteiger partial charge in [-0.2, -0.15) is 0 Å². The number of fused-ring (bicyclic) bond motifs is 3. The molecule has 0 bridgehead atoms. The van der Waals surface area contributed by atoms with E-state index in [1.54, 1.807) is 18.4 Å². The molecule has 3 nitrogen and oxygen atoms in total. The lowest BCUT2D eigenvalue weighted by molar-refractivity contribution is 0.230. The Kier molecular flexibility index (Phi) is 3.85. The lowest BCUT2D eigenvalue weighted by Crippen LogP contribution is -2.12. The summed E-state index contributed by atoms with van der Waals surface area (Å²) >= 11 is 1.78. The minimum Gasteiger partial charge on any atom is -0.493 e. The van der Waals surface area contributed by atoms with Crippen molar-refractivity contribution in [3.63, 3.8) is 0 Å². The Labute approximate surface area is 146 Å². The summed E-state index contributed by atoms with van der Waals surface area (Å²) in [5, 5.41) is 2.13. The van der Waals surface area contributed by atoms with E-state index in [1.807, 2.05) is 13.8 Å². The van der Waals surface area contributed by atoms with E-state index < -0.39 is 0 Å². The molecule has 2 aromatic heterocycles. The van der Waals surface area contributed by atoms with Crippen LogP contribution in [0.15, 0.2) is 41.9 Å². The molecule has 3 aromatic rings. The van der Waals surface area contributed by atoms with E-state index in [9.17, 15) is 0 Å². The highest BCUT2D eigenvalue weighted by Crippen LogP contribution is 2.44. The standard InChI is InChI=1S/C20H21NO2S/c1-13(2)23-18-12-16-14(11-17(18)22-3)6-8-21-9-7-15(20(16)21)19-5-4-10-24-19/h4-5,7,9-13H,6,8H2,1-3H3. The van der Waals surface area contributed by atoms with Crippen molar-refractivity contribution in [1.29, 1.82) is 0 Å². The molecule has 1 aliphatic heterocycles. The largest absolute Gasteiger partial charge is 0.493 e. The van der Waals surface area contributed by atoms with Crippen LogP contribution in [0.25, 0.3) is 21.7 Å². The molecule has 0 aliphatic carbocycles. The first-order chi connectivity index (χ1) is 11.7. The Morgan fingerprint density at radius 3 is 2.71 bits per heavy atom. The molecule has 0 N–H and O–H groups in total. The van der Waals surface area contributed by atoms with E-state index in [0.29, 0.717) is 0 Å². The van der Waals surface area contributed by atoms with Gasteiger partial charge in [-0.15, -0.1) is 11.3 Å². The second kappa shape index (κ2) is 6.02. The summed E-state index contributed by atoms with van der Waals surface area (Å²) in [6, 6.07) is 10.8. The van der Waals surface area contributed by atoms with Gasteiger partial charge in [0.2, 0.25) is 0 Å². The van der Waals surface area contributed by atoms with Gasteiger partial charge in [0.25, 0.3) is 0 Å². The highest BCUT2D eigenvalue weighted by atomic mass is 32.1. The molecule has 0 unspecified atom stereocenters. The van der Waals surface area contributed by atoms with Crippen LogP contribution in [0.2, 0.25) is 0 Å². The Bertz CT molecular complexity index is 862. The second-order valence-corrected chi connectivity index (χ2v) is 7.27. The maximum Gasteiger partial charge on any atom is 0.162 e. The third-order valence-electron chi connectivity index (χ3n) is 4.38. The number of ether oxygens (including phenoxy) is 2. The van der Waals surface area contributed by atoms with Crippen LogP contribution >= 0.6 is 11.3 Å². The summed E-state index contributed by atoms with van der Waals surface area (Å²) in [4.78, 5) is 1.30. The second-order valence-electron chi connectivity index (χ2n) is 6.33. The molecule has 0 saturated heterocycles. The number of hydrogen-bond acceptors (Lipinski definition) is 3. The fourth-order valence-electron chi connectivity index (χ4n) is 3.37. The van der Waals surface area contributed by atoms with Crippen LogP contribution in [0.1, 0.15) is 19.4 Å². The lowest BCUT2D eigenvalue weighted by atomic mass is 9.95. The van der Waals surface area contributed by atoms with Crippen molar-refractivity contribution in [1.82, 2.24) is 4.57 Å². The third-order valence-corrected chi connectivity index (χ3v) is 5.28. The normalized spacial score (nSPS) is 12.8. The average Bonchev–Trinajstić information content (AvgIpc) is 3.22. The molecule has 0 fully saturated rings. The van der Waals surface area contributed by atoms with Gasteiger partial charge >= 0.3 is 0 Å². The molecule has 124 valence electrons. The fraction of sp³-hybridized carbons (Fsp3) is 0.300. The van der Waals surface area contributed by atoms with Crippen molar-refractivity contribution in [3.05, 3.63) is 47.5 Å². The maximum absolute atomic E-state index is 5.99. The van der Waals surface area contributed by atoms with E-state index in [4.69, 9.17) is 9.47 Å². The molecule has 0 radical (unpaired) electrons. The smallest absolute Gasteiger partial charge is 0.162 e. The first-order valence-electron chi connectivity index (χ1n) is 8.28. The van der Waals surface area contributed by atoms with Crippen LogP contribution < -0.4 is 9.47 Å². The van der Waals surface area contributed by atoms with Gasteiger partial charge in [-0.25, -0.2) is 0 Å². The van der Waals surface area contributed by atoms with Gasteiger partial charge in [-0.1, -0.05) is 6.07 Å². The highest BCUT2D eigenvalue weighted by molar-refractivity contribution is 7.13. The van der Waals surface area contributed by atoms with Crippen LogP contribution in [-0.4, -0.2) is 17.8 Å². The summed E-state index contributed by atoms with van der Waals surface area (Å²) in [6.07, 6.45) is 3.32. The average molecular weight is 339 g/mol. The molecule has 0 amide bonds. The SMILES string of the molecule is COc1cc2c(cc1OC(C)C)-c1c(-c3cccs3)ccn1CC2. The first-order valence-corrected chi connectivity index (χ1v) is 9.16. The number of methoxy groups -OCH3 is 1. The first kappa shape index (κ1) is 15.3. The van der Waals surface area contributed by atoms with Gasteiger partial charge in [0.05, 0.1) is 18.9 Å². The molecule has 0 saturated carbocycles. The fourth-order valence-corrected chi connectivity index (χ4v) is 4.12. The Morgan fingerprint density at radius 1 is 1.12 bits per heavy atom. The predicted molar refractivity (Wildman–Crippen MR) is 99.2 cm³/mol. The number of aryl methyl sites for hydroxylation is 2. The summed E-state index contributed by atoms with van der Waals surface area (Å²) in [5.41, 5.74) is 5.17. The molecular formula is C20H21NO2S. The van der Waals surface area contributed by atoms with Gasteiger partial charge in [-0.3, -0.25) is 0 Å². The predicted octanol–water partition coefficient (Wildman–Crippen LogP) is 5.24. The van der Waals surface area contributed by atoms with Gasteiger partial charge in [-0.05, 0) is 55.5 Å². The van der Waals surface area contributed by atoms with Crippen LogP contribution in [0.3, 0.4) is 0 Å². The molecule has 3 heterocycles. The van der Waals surface area contributed by atoms with Crippen LogP contribution in [-0.2, 0) is 13.0 Å². The summed E-state index contributed by atoms with van der Waals surface area (Å²) in [5.74, 6) is 1.64. The monoisotopic (exact) mass is 339 g/mol. The van der Waals surface area contributed by atoms with E-state index in [1.165, 1.54) is 27.3 Å². The van der Waals surface area contributed by atoms with Crippen molar-refractivity contribution in [2.45, 2.75) is 32.9 Å². The van der Waals surface area contributed by atoms with Crippen molar-refractivity contribution in [3.8, 4) is 33.2 Å². The molecule has 4 rings (SSSR count). The van der Waals surface area contributed by atoms with Crippen LogP contribution in [0.4, 0.5) is 0 Å². The number of nitrogens with zero attached hydrogens (tertiary/aromatic N) is 1. The molecule has 0 spiro atoms.